The molecule has 500 valence electrons. The third kappa shape index (κ3) is 95.3. The number of pyridine rings is 3. The lowest BCUT2D eigenvalue weighted by molar-refractivity contribution is 0.925. The molecule has 0 atom stereocenters. The molecule has 0 aliphatic rings. The maximum atomic E-state index is 3.98. The zero-order chi connectivity index (χ0) is 71.1. The molecule has 0 fully saturated rings. The van der Waals surface area contributed by atoms with Gasteiger partial charge in [-0.05, 0) is 152 Å². The van der Waals surface area contributed by atoms with E-state index in [1.165, 1.54) is 30.1 Å². The van der Waals surface area contributed by atoms with Gasteiger partial charge in [0.15, 0.2) is 0 Å². The fourth-order valence-electron chi connectivity index (χ4n) is 3.85. The smallest absolute Gasteiger partial charge is 0.138 e. The van der Waals surface area contributed by atoms with Gasteiger partial charge in [0, 0.05) is 104 Å². The first-order chi connectivity index (χ1) is 43.9. The lowest BCUT2D eigenvalue weighted by Gasteiger charge is -1.82. The quantitative estimate of drug-likeness (QED) is 0.137. The molecule has 0 aliphatic heterocycles. The summed E-state index contributed by atoms with van der Waals surface area (Å²) in [5, 5.41) is 21.8. The highest BCUT2D eigenvalue weighted by atomic mass is 15.1. The highest BCUT2D eigenvalue weighted by molar-refractivity contribution is 5.06. The van der Waals surface area contributed by atoms with Gasteiger partial charge < -0.3 is 0 Å². The van der Waals surface area contributed by atoms with Gasteiger partial charge >= 0.3 is 0 Å². The second kappa shape index (κ2) is 99.0. The molecule has 0 saturated carbocycles. The van der Waals surface area contributed by atoms with E-state index in [4.69, 9.17) is 0 Å². The molecule has 0 aliphatic carbocycles. The van der Waals surface area contributed by atoms with Crippen LogP contribution in [0.15, 0.2) is 197 Å². The maximum Gasteiger partial charge on any atom is 0.138 e. The summed E-state index contributed by atoms with van der Waals surface area (Å²) < 4.78 is 0. The van der Waals surface area contributed by atoms with Crippen molar-refractivity contribution in [1.29, 1.82) is 0 Å². The van der Waals surface area contributed by atoms with Crippen molar-refractivity contribution >= 4 is 0 Å². The van der Waals surface area contributed by atoms with Crippen LogP contribution in [-0.2, 0) is 0 Å². The molecule has 0 N–H and O–H groups in total. The maximum absolute atomic E-state index is 3.98. The molecule has 0 aromatic carbocycles. The van der Waals surface area contributed by atoms with Crippen LogP contribution in [0, 0.1) is 69.2 Å². The minimum atomic E-state index is 0.822. The lowest BCUT2D eigenvalue weighted by Crippen LogP contribution is -1.84. The van der Waals surface area contributed by atoms with Gasteiger partial charge in [0.1, 0.15) is 24.8 Å². The molecule has 10 aromatic heterocycles. The van der Waals surface area contributed by atoms with Crippen molar-refractivity contribution in [2.45, 2.75) is 208 Å². The first-order valence-corrected chi connectivity index (χ1v) is 31.5. The van der Waals surface area contributed by atoms with Crippen LogP contribution in [0.3, 0.4) is 0 Å². The Hall–Kier alpha value is -9.06. The largest absolute Gasteiger partial charge is 0.265 e. The summed E-state index contributed by atoms with van der Waals surface area (Å²) in [5.74, 6) is 0.822. The van der Waals surface area contributed by atoms with E-state index in [0.29, 0.717) is 0 Å². The van der Waals surface area contributed by atoms with Crippen molar-refractivity contribution in [2.75, 3.05) is 0 Å². The molecule has 10 aromatic rings. The second-order valence-electron chi connectivity index (χ2n) is 14.0. The van der Waals surface area contributed by atoms with E-state index >= 15 is 0 Å². The van der Waals surface area contributed by atoms with Crippen LogP contribution in [0.4, 0.5) is 0 Å². The summed E-state index contributed by atoms with van der Waals surface area (Å²) in [7, 11) is 0. The van der Waals surface area contributed by atoms with Gasteiger partial charge in [-0.25, -0.2) is 34.9 Å². The molecule has 0 bridgehead atoms. The summed E-state index contributed by atoms with van der Waals surface area (Å²) in [6.45, 7) is 59.4. The minimum Gasteiger partial charge on any atom is -0.265 e. The molecule has 10 rings (SSSR count). The molecule has 0 spiro atoms. The number of aromatic nitrogens is 18. The number of hydrogen-bond acceptors (Lipinski definition) is 18. The Bertz CT molecular complexity index is 1990. The Labute approximate surface area is 549 Å². The van der Waals surface area contributed by atoms with Crippen LogP contribution < -0.4 is 0 Å². The number of rotatable bonds is 0. The molecule has 0 unspecified atom stereocenters. The topological polar surface area (TPSA) is 232 Å². The predicted octanol–water partition coefficient (Wildman–Crippen LogP) is 19.3. The van der Waals surface area contributed by atoms with Crippen LogP contribution >= 0.6 is 0 Å². The van der Waals surface area contributed by atoms with Crippen molar-refractivity contribution in [3.05, 3.63) is 254 Å². The lowest BCUT2D eigenvalue weighted by atomic mass is 10.3. The van der Waals surface area contributed by atoms with E-state index in [0.717, 1.165) is 45.4 Å². The van der Waals surface area contributed by atoms with Crippen molar-refractivity contribution in [3.8, 4) is 0 Å². The van der Waals surface area contributed by atoms with E-state index in [2.05, 4.69) is 90.4 Å². The van der Waals surface area contributed by atoms with Crippen molar-refractivity contribution in [1.82, 2.24) is 90.4 Å². The van der Waals surface area contributed by atoms with Crippen LogP contribution in [0.25, 0.3) is 0 Å². The molecule has 90 heavy (non-hydrogen) atoms. The average molecular weight is 1240 g/mol. The molecule has 18 nitrogen and oxygen atoms in total. The molecule has 0 amide bonds. The Morgan fingerprint density at radius 2 is 0.656 bits per heavy atom. The number of aryl methyl sites for hydroxylation is 10. The van der Waals surface area contributed by atoms with Gasteiger partial charge in [0.05, 0.1) is 29.5 Å². The number of nitrogens with zero attached hydrogens (tertiary/aromatic N) is 18. The van der Waals surface area contributed by atoms with Crippen molar-refractivity contribution in [3.63, 3.8) is 0 Å². The molecule has 10 heterocycles. The summed E-state index contributed by atoms with van der Waals surface area (Å²) in [6, 6.07) is 23.1. The van der Waals surface area contributed by atoms with Crippen LogP contribution in [0.5, 0.6) is 0 Å². The number of hydrogen-bond donors (Lipinski definition) is 0. The monoisotopic (exact) mass is 1240 g/mol. The SMILES string of the molecule is CC.CC.CC.CC.CC.CC.CC.CC.CC.CC.Cc1ccccn1.Cc1cccnc1.Cc1cccnn1.Cc1ccncc1.Cc1ccncn1.Cc1ccnnc1.Cc1cnccn1.Cc1cncnc1.Cc1cncnn1.Cc1ncccn1. The Morgan fingerprint density at radius 3 is 0.878 bits per heavy atom. The molecule has 0 radical (unpaired) electrons. The summed E-state index contributed by atoms with van der Waals surface area (Å²) >= 11 is 0. The first-order valence-electron chi connectivity index (χ1n) is 31.5. The van der Waals surface area contributed by atoms with Gasteiger partial charge in [0.25, 0.3) is 0 Å². The van der Waals surface area contributed by atoms with Gasteiger partial charge in [-0.1, -0.05) is 151 Å². The minimum absolute atomic E-state index is 0.822. The van der Waals surface area contributed by atoms with Gasteiger partial charge in [-0.2, -0.15) is 25.5 Å². The van der Waals surface area contributed by atoms with Gasteiger partial charge in [-0.15, -0.1) is 5.10 Å². The summed E-state index contributed by atoms with van der Waals surface area (Å²) in [5.41, 5.74) is 9.57. The predicted molar refractivity (Wildman–Crippen MR) is 386 cm³/mol. The molecular weight excluding hydrogens is 1120 g/mol. The third-order valence-corrected chi connectivity index (χ3v) is 7.31. The summed E-state index contributed by atoms with van der Waals surface area (Å²) in [6.07, 6.45) is 33.9. The fourth-order valence-corrected chi connectivity index (χ4v) is 3.85. The third-order valence-electron chi connectivity index (χ3n) is 7.31. The second-order valence-corrected chi connectivity index (χ2v) is 14.0. The van der Waals surface area contributed by atoms with Crippen LogP contribution in [0.1, 0.15) is 195 Å². The fraction of sp³-hybridized carbons (Fsp3) is 0.417. The Balaban J connectivity index is -0.0000000957. The van der Waals surface area contributed by atoms with E-state index in [9.17, 15) is 0 Å². The molecule has 0 saturated heterocycles. The zero-order valence-corrected chi connectivity index (χ0v) is 61.5. The average Bonchev–Trinajstić information content (AvgIpc) is 3.62. The van der Waals surface area contributed by atoms with Crippen molar-refractivity contribution < 1.29 is 0 Å². The van der Waals surface area contributed by atoms with E-state index < -0.39 is 0 Å². The first kappa shape index (κ1) is 103. The Morgan fingerprint density at radius 1 is 0.200 bits per heavy atom. The standard InChI is InChI=1S/3C6H7N.6C5H6N2.C4H5N3.10C2H6/c1-6-2-4-7-5-3-6;1-6-3-2-4-7-5-6;1-6-4-2-3-5-7-6;1-5-2-6-4-7-3-5;1-5-4-6-2-3-7-5;1-5-2-3-6-4-7-5;1-5-2-3-6-7-4-5;1-5-6-3-2-4-7-5;1-5-3-2-4-6-7-5;1-4-2-5-3-6-7-4;10*1-2/h3*2-5H,1H3;6*2-4H,1H3;2-3H,1H3;10*1-2H3. The normalized spacial score (nSPS) is 7.44. The van der Waals surface area contributed by atoms with Gasteiger partial charge in [0.2, 0.25) is 0 Å². The van der Waals surface area contributed by atoms with Crippen molar-refractivity contribution in [2.24, 2.45) is 0 Å². The highest BCUT2D eigenvalue weighted by Gasteiger charge is 1.80. The highest BCUT2D eigenvalue weighted by Crippen LogP contribution is 1.91. The molecule has 18 heteroatoms. The molecular formula is C72H122N18. The van der Waals surface area contributed by atoms with Gasteiger partial charge in [-0.3, -0.25) is 24.9 Å². The Kier molecular flexibility index (Phi) is 113. The van der Waals surface area contributed by atoms with E-state index in [1.807, 2.05) is 281 Å². The van der Waals surface area contributed by atoms with Crippen LogP contribution in [-0.4, -0.2) is 90.4 Å². The summed E-state index contributed by atoms with van der Waals surface area (Å²) in [4.78, 5) is 46.0. The van der Waals surface area contributed by atoms with E-state index in [-0.39, 0.29) is 0 Å². The zero-order valence-electron chi connectivity index (χ0n) is 61.5. The van der Waals surface area contributed by atoms with Crippen LogP contribution in [0.2, 0.25) is 0 Å². The van der Waals surface area contributed by atoms with E-state index in [1.54, 1.807) is 105 Å².